The molecule has 0 saturated carbocycles. The van der Waals surface area contributed by atoms with Crippen molar-refractivity contribution in [1.82, 2.24) is 10.4 Å². The minimum absolute atomic E-state index is 0.439. The van der Waals surface area contributed by atoms with Gasteiger partial charge in [-0.2, -0.15) is 5.10 Å². The quantitative estimate of drug-likeness (QED) is 0.298. The zero-order valence-corrected chi connectivity index (χ0v) is 15.8. The second-order valence-electron chi connectivity index (χ2n) is 4.74. The highest BCUT2D eigenvalue weighted by Crippen LogP contribution is 2.29. The SMILES string of the molecule is S=C(N/N=C/c1c[nH]c2c(Br)cc(Br)cc12)Nc1ccccc1. The van der Waals surface area contributed by atoms with Gasteiger partial charge in [0.05, 0.1) is 11.7 Å². The largest absolute Gasteiger partial charge is 0.360 e. The smallest absolute Gasteiger partial charge is 0.191 e. The lowest BCUT2D eigenvalue weighted by atomic mass is 10.2. The monoisotopic (exact) mass is 450 g/mol. The van der Waals surface area contributed by atoms with E-state index in [1.807, 2.05) is 48.7 Å². The molecule has 3 N–H and O–H groups in total. The molecule has 0 radical (unpaired) electrons. The molecule has 3 aromatic rings. The van der Waals surface area contributed by atoms with E-state index in [1.54, 1.807) is 6.21 Å². The summed E-state index contributed by atoms with van der Waals surface area (Å²) in [4.78, 5) is 3.23. The molecule has 1 heterocycles. The van der Waals surface area contributed by atoms with Crippen LogP contribution in [-0.4, -0.2) is 16.3 Å². The van der Waals surface area contributed by atoms with E-state index in [2.05, 4.69) is 52.7 Å². The van der Waals surface area contributed by atoms with Gasteiger partial charge in [-0.05, 0) is 52.4 Å². The van der Waals surface area contributed by atoms with Crippen molar-refractivity contribution in [3.8, 4) is 0 Å². The molecule has 7 heteroatoms. The van der Waals surface area contributed by atoms with Crippen LogP contribution in [0.25, 0.3) is 10.9 Å². The lowest BCUT2D eigenvalue weighted by molar-refractivity contribution is 1.05. The van der Waals surface area contributed by atoms with E-state index in [0.29, 0.717) is 5.11 Å². The number of aromatic amines is 1. The first-order valence-corrected chi connectivity index (χ1v) is 8.74. The summed E-state index contributed by atoms with van der Waals surface area (Å²) in [5.74, 6) is 0. The first-order chi connectivity index (χ1) is 11.1. The molecule has 0 saturated heterocycles. The number of hydrogen-bond acceptors (Lipinski definition) is 2. The summed E-state index contributed by atoms with van der Waals surface area (Å²) in [6.45, 7) is 0. The fourth-order valence-electron chi connectivity index (χ4n) is 2.12. The molecule has 0 aliphatic rings. The minimum Gasteiger partial charge on any atom is -0.360 e. The van der Waals surface area contributed by atoms with Crippen LogP contribution >= 0.6 is 44.1 Å². The Balaban J connectivity index is 1.70. The Hall–Kier alpha value is -1.70. The summed E-state index contributed by atoms with van der Waals surface area (Å²) in [5, 5.41) is 8.76. The summed E-state index contributed by atoms with van der Waals surface area (Å²) in [7, 11) is 0. The molecule has 0 bridgehead atoms. The highest BCUT2D eigenvalue weighted by atomic mass is 79.9. The third-order valence-corrected chi connectivity index (χ3v) is 4.42. The van der Waals surface area contributed by atoms with Crippen molar-refractivity contribution in [1.29, 1.82) is 0 Å². The van der Waals surface area contributed by atoms with Gasteiger partial charge in [0, 0.05) is 31.8 Å². The molecule has 4 nitrogen and oxygen atoms in total. The molecule has 3 rings (SSSR count). The number of thiocarbonyl (C=S) groups is 1. The number of para-hydroxylation sites is 1. The molecular weight excluding hydrogens is 440 g/mol. The van der Waals surface area contributed by atoms with Crippen LogP contribution in [0.3, 0.4) is 0 Å². The maximum atomic E-state index is 5.21. The molecule has 0 atom stereocenters. The van der Waals surface area contributed by atoms with Crippen LogP contribution in [0.4, 0.5) is 5.69 Å². The standard InChI is InChI=1S/C16H12Br2N4S/c17-11-6-13-10(8-19-15(13)14(18)7-11)9-20-22-16(23)21-12-4-2-1-3-5-12/h1-9,19H,(H2,21,22,23)/b20-9+. The molecule has 116 valence electrons. The van der Waals surface area contributed by atoms with Crippen molar-refractivity contribution in [2.75, 3.05) is 5.32 Å². The fraction of sp³-hybridized carbons (Fsp3) is 0. The number of nitrogens with zero attached hydrogens (tertiary/aromatic N) is 1. The lowest BCUT2D eigenvalue weighted by Crippen LogP contribution is -2.23. The van der Waals surface area contributed by atoms with Gasteiger partial charge < -0.3 is 10.3 Å². The average Bonchev–Trinajstić information content (AvgIpc) is 2.92. The molecule has 0 aliphatic heterocycles. The van der Waals surface area contributed by atoms with Gasteiger partial charge in [0.1, 0.15) is 0 Å². The Bertz CT molecular complexity index is 874. The van der Waals surface area contributed by atoms with Crippen molar-refractivity contribution in [3.63, 3.8) is 0 Å². The molecule has 0 spiro atoms. The number of aromatic nitrogens is 1. The molecule has 0 unspecified atom stereocenters. The number of nitrogens with one attached hydrogen (secondary N) is 3. The van der Waals surface area contributed by atoms with E-state index in [0.717, 1.165) is 31.1 Å². The van der Waals surface area contributed by atoms with E-state index in [4.69, 9.17) is 12.2 Å². The Kier molecular flexibility index (Phi) is 5.09. The Morgan fingerprint density at radius 2 is 1.96 bits per heavy atom. The predicted molar refractivity (Wildman–Crippen MR) is 107 cm³/mol. The second-order valence-corrected chi connectivity index (χ2v) is 6.92. The molecule has 1 aromatic heterocycles. The predicted octanol–water partition coefficient (Wildman–Crippen LogP) is 5.01. The van der Waals surface area contributed by atoms with Gasteiger partial charge in [0.2, 0.25) is 0 Å². The van der Waals surface area contributed by atoms with Crippen LogP contribution in [0.1, 0.15) is 5.56 Å². The normalized spacial score (nSPS) is 11.0. The minimum atomic E-state index is 0.439. The van der Waals surface area contributed by atoms with Crippen molar-refractivity contribution >= 4 is 72.0 Å². The van der Waals surface area contributed by atoms with Crippen molar-refractivity contribution in [3.05, 3.63) is 63.2 Å². The Morgan fingerprint density at radius 3 is 2.74 bits per heavy atom. The lowest BCUT2D eigenvalue weighted by Gasteiger charge is -2.05. The van der Waals surface area contributed by atoms with Crippen LogP contribution in [0.2, 0.25) is 0 Å². The van der Waals surface area contributed by atoms with Gasteiger partial charge in [0.15, 0.2) is 5.11 Å². The van der Waals surface area contributed by atoms with Crippen molar-refractivity contribution in [2.24, 2.45) is 5.10 Å². The number of benzene rings is 2. The van der Waals surface area contributed by atoms with Gasteiger partial charge in [-0.3, -0.25) is 5.43 Å². The highest BCUT2D eigenvalue weighted by Gasteiger charge is 2.06. The third kappa shape index (κ3) is 3.99. The van der Waals surface area contributed by atoms with E-state index in [-0.39, 0.29) is 0 Å². The first kappa shape index (κ1) is 16.2. The summed E-state index contributed by atoms with van der Waals surface area (Å²) >= 11 is 12.2. The topological polar surface area (TPSA) is 52.2 Å². The van der Waals surface area contributed by atoms with E-state index < -0.39 is 0 Å². The van der Waals surface area contributed by atoms with Crippen molar-refractivity contribution < 1.29 is 0 Å². The zero-order valence-electron chi connectivity index (χ0n) is 11.8. The summed E-state index contributed by atoms with van der Waals surface area (Å²) in [5.41, 5.74) is 5.73. The first-order valence-electron chi connectivity index (χ1n) is 6.75. The summed E-state index contributed by atoms with van der Waals surface area (Å²) in [6, 6.07) is 13.7. The number of hydrazone groups is 1. The van der Waals surface area contributed by atoms with Crippen LogP contribution in [0.15, 0.2) is 62.7 Å². The second kappa shape index (κ2) is 7.25. The van der Waals surface area contributed by atoms with Crippen LogP contribution in [-0.2, 0) is 0 Å². The molecule has 0 fully saturated rings. The van der Waals surface area contributed by atoms with Gasteiger partial charge in [-0.1, -0.05) is 34.1 Å². The molecule has 2 aromatic carbocycles. The number of fused-ring (bicyclic) bond motifs is 1. The third-order valence-electron chi connectivity index (χ3n) is 3.14. The van der Waals surface area contributed by atoms with Crippen LogP contribution in [0.5, 0.6) is 0 Å². The highest BCUT2D eigenvalue weighted by molar-refractivity contribution is 9.11. The van der Waals surface area contributed by atoms with Crippen LogP contribution in [0, 0.1) is 0 Å². The summed E-state index contributed by atoms with van der Waals surface area (Å²) in [6.07, 6.45) is 3.64. The maximum Gasteiger partial charge on any atom is 0.191 e. The number of rotatable bonds is 3. The van der Waals surface area contributed by atoms with E-state index >= 15 is 0 Å². The van der Waals surface area contributed by atoms with Gasteiger partial charge >= 0.3 is 0 Å². The molecular formula is C16H12Br2N4S. The molecule has 0 aliphatic carbocycles. The molecule has 23 heavy (non-hydrogen) atoms. The number of anilines is 1. The zero-order chi connectivity index (χ0) is 16.2. The molecule has 0 amide bonds. The van der Waals surface area contributed by atoms with Gasteiger partial charge in [-0.25, -0.2) is 0 Å². The van der Waals surface area contributed by atoms with Crippen LogP contribution < -0.4 is 10.7 Å². The van der Waals surface area contributed by atoms with Gasteiger partial charge in [0.25, 0.3) is 0 Å². The van der Waals surface area contributed by atoms with Crippen molar-refractivity contribution in [2.45, 2.75) is 0 Å². The number of hydrogen-bond donors (Lipinski definition) is 3. The van der Waals surface area contributed by atoms with Gasteiger partial charge in [-0.15, -0.1) is 0 Å². The Morgan fingerprint density at radius 1 is 1.17 bits per heavy atom. The Labute approximate surface area is 155 Å². The maximum absolute atomic E-state index is 5.21. The number of halogens is 2. The average molecular weight is 452 g/mol. The van der Waals surface area contributed by atoms with E-state index in [9.17, 15) is 0 Å². The number of H-pyrrole nitrogens is 1. The fourth-order valence-corrected chi connectivity index (χ4v) is 3.63. The summed E-state index contributed by atoms with van der Waals surface area (Å²) < 4.78 is 2.00. The van der Waals surface area contributed by atoms with E-state index in [1.165, 1.54) is 0 Å².